The lowest BCUT2D eigenvalue weighted by Crippen LogP contribution is -2.26. The number of anilines is 1. The largest absolute Gasteiger partial charge is 0.382 e. The van der Waals surface area contributed by atoms with Crippen molar-refractivity contribution < 1.29 is 22.7 Å². The first-order valence-electron chi connectivity index (χ1n) is 8.40. The minimum Gasteiger partial charge on any atom is -0.382 e. The molecule has 0 aliphatic heterocycles. The zero-order valence-corrected chi connectivity index (χ0v) is 16.2. The van der Waals surface area contributed by atoms with E-state index in [9.17, 15) is 13.2 Å². The Bertz CT molecular complexity index is 823. The van der Waals surface area contributed by atoms with Gasteiger partial charge in [0.2, 0.25) is 15.9 Å². The number of ether oxygens (including phenoxy) is 2. The van der Waals surface area contributed by atoms with E-state index in [1.807, 2.05) is 30.3 Å². The minimum absolute atomic E-state index is 0.0940. The van der Waals surface area contributed by atoms with Gasteiger partial charge in [0.1, 0.15) is 6.61 Å². The summed E-state index contributed by atoms with van der Waals surface area (Å²) in [6, 6.07) is 15.4. The minimum atomic E-state index is -3.62. The molecule has 8 heteroatoms. The summed E-state index contributed by atoms with van der Waals surface area (Å²) in [7, 11) is -0.532. The van der Waals surface area contributed by atoms with Crippen LogP contribution in [0.25, 0.3) is 0 Å². The summed E-state index contributed by atoms with van der Waals surface area (Å²) >= 11 is 0. The Balaban J connectivity index is 1.95. The predicted molar refractivity (Wildman–Crippen MR) is 103 cm³/mol. The molecule has 146 valence electrons. The smallest absolute Gasteiger partial charge is 0.250 e. The highest BCUT2D eigenvalue weighted by Crippen LogP contribution is 2.19. The summed E-state index contributed by atoms with van der Waals surface area (Å²) in [5.41, 5.74) is 1.40. The number of hydrogen-bond acceptors (Lipinski definition) is 5. The van der Waals surface area contributed by atoms with Crippen molar-refractivity contribution in [1.82, 2.24) is 4.31 Å². The van der Waals surface area contributed by atoms with Crippen LogP contribution in [0.4, 0.5) is 5.69 Å². The molecule has 0 fully saturated rings. The highest BCUT2D eigenvalue weighted by atomic mass is 32.2. The molecular formula is C19H24N2O5S. The molecule has 0 heterocycles. The monoisotopic (exact) mass is 392 g/mol. The summed E-state index contributed by atoms with van der Waals surface area (Å²) in [4.78, 5) is 11.9. The topological polar surface area (TPSA) is 84.9 Å². The van der Waals surface area contributed by atoms with E-state index >= 15 is 0 Å². The maximum absolute atomic E-state index is 12.7. The number of carbonyl (C=O) groups is 1. The van der Waals surface area contributed by atoms with Gasteiger partial charge < -0.3 is 14.8 Å². The molecule has 0 atom stereocenters. The van der Waals surface area contributed by atoms with Gasteiger partial charge in [-0.3, -0.25) is 4.79 Å². The third kappa shape index (κ3) is 6.44. The molecule has 2 aromatic carbocycles. The van der Waals surface area contributed by atoms with Crippen LogP contribution in [0.3, 0.4) is 0 Å². The first-order valence-corrected chi connectivity index (χ1v) is 9.84. The molecule has 0 aliphatic carbocycles. The molecule has 0 aliphatic rings. The fraction of sp³-hybridized carbons (Fsp3) is 0.316. The van der Waals surface area contributed by atoms with Crippen LogP contribution in [0.2, 0.25) is 0 Å². The number of nitrogens with zero attached hydrogens (tertiary/aromatic N) is 1. The average molecular weight is 392 g/mol. The molecule has 0 saturated carbocycles. The molecule has 0 aromatic heterocycles. The molecule has 7 nitrogen and oxygen atoms in total. The fourth-order valence-electron chi connectivity index (χ4n) is 2.32. The second-order valence-electron chi connectivity index (χ2n) is 5.86. The molecule has 0 spiro atoms. The molecule has 0 unspecified atom stereocenters. The molecule has 0 saturated heterocycles. The van der Waals surface area contributed by atoms with Crippen LogP contribution < -0.4 is 5.32 Å². The van der Waals surface area contributed by atoms with Crippen LogP contribution in [0, 0.1) is 0 Å². The van der Waals surface area contributed by atoms with Gasteiger partial charge in [0.15, 0.2) is 0 Å². The Labute approximate surface area is 160 Å². The van der Waals surface area contributed by atoms with Gasteiger partial charge >= 0.3 is 0 Å². The van der Waals surface area contributed by atoms with Crippen molar-refractivity contribution in [2.75, 3.05) is 39.3 Å². The van der Waals surface area contributed by atoms with E-state index in [4.69, 9.17) is 9.47 Å². The van der Waals surface area contributed by atoms with Crippen molar-refractivity contribution in [3.8, 4) is 0 Å². The lowest BCUT2D eigenvalue weighted by atomic mass is 10.2. The molecule has 0 radical (unpaired) electrons. The summed E-state index contributed by atoms with van der Waals surface area (Å²) in [5.74, 6) is -0.317. The lowest BCUT2D eigenvalue weighted by Gasteiger charge is -2.17. The van der Waals surface area contributed by atoms with Crippen molar-refractivity contribution in [3.05, 3.63) is 60.2 Å². The Morgan fingerprint density at radius 2 is 1.70 bits per heavy atom. The Morgan fingerprint density at radius 1 is 1.04 bits per heavy atom. The van der Waals surface area contributed by atoms with Crippen molar-refractivity contribution in [1.29, 1.82) is 0 Å². The summed E-state index contributed by atoms with van der Waals surface area (Å²) in [6.07, 6.45) is 0. The van der Waals surface area contributed by atoms with E-state index in [0.717, 1.165) is 5.56 Å². The number of nitrogens with one attached hydrogen (secondary N) is 1. The Hall–Kier alpha value is -2.26. The van der Waals surface area contributed by atoms with Gasteiger partial charge in [-0.2, -0.15) is 4.31 Å². The number of amides is 1. The van der Waals surface area contributed by atoms with Gasteiger partial charge in [0.05, 0.1) is 18.1 Å². The van der Waals surface area contributed by atoms with Gasteiger partial charge in [-0.1, -0.05) is 30.3 Å². The van der Waals surface area contributed by atoms with Gasteiger partial charge in [-0.25, -0.2) is 8.42 Å². The second kappa shape index (κ2) is 10.2. The van der Waals surface area contributed by atoms with Crippen molar-refractivity contribution in [2.24, 2.45) is 0 Å². The number of sulfonamides is 1. The molecule has 27 heavy (non-hydrogen) atoms. The van der Waals surface area contributed by atoms with E-state index in [0.29, 0.717) is 18.9 Å². The number of methoxy groups -OCH3 is 1. The van der Waals surface area contributed by atoms with Gasteiger partial charge in [0.25, 0.3) is 0 Å². The second-order valence-corrected chi connectivity index (χ2v) is 7.91. The van der Waals surface area contributed by atoms with E-state index in [-0.39, 0.29) is 24.0 Å². The first kappa shape index (κ1) is 21.0. The van der Waals surface area contributed by atoms with Crippen LogP contribution >= 0.6 is 0 Å². The Morgan fingerprint density at radius 3 is 2.33 bits per heavy atom. The zero-order valence-electron chi connectivity index (χ0n) is 15.4. The van der Waals surface area contributed by atoms with E-state index in [1.54, 1.807) is 19.2 Å². The zero-order chi connectivity index (χ0) is 19.7. The standard InChI is InChI=1S/C19H24N2O5S/c1-21(14-16-6-4-3-5-7-16)27(23,24)18-10-8-17(9-11-18)20-19(22)15-26-13-12-25-2/h3-11H,12-15H2,1-2H3,(H,20,22). The van der Waals surface area contributed by atoms with Crippen LogP contribution in [0.15, 0.2) is 59.5 Å². The first-order chi connectivity index (χ1) is 12.9. The van der Waals surface area contributed by atoms with Crippen molar-refractivity contribution in [2.45, 2.75) is 11.4 Å². The Kier molecular flexibility index (Phi) is 7.93. The SMILES string of the molecule is COCCOCC(=O)Nc1ccc(S(=O)(=O)N(C)Cc2ccccc2)cc1. The van der Waals surface area contributed by atoms with E-state index < -0.39 is 10.0 Å². The van der Waals surface area contributed by atoms with Crippen LogP contribution in [-0.2, 0) is 30.8 Å². The molecular weight excluding hydrogens is 368 g/mol. The van der Waals surface area contributed by atoms with Crippen LogP contribution in [-0.4, -0.2) is 52.6 Å². The average Bonchev–Trinajstić information content (AvgIpc) is 2.66. The van der Waals surface area contributed by atoms with E-state index in [1.165, 1.54) is 23.5 Å². The van der Waals surface area contributed by atoms with Crippen LogP contribution in [0.1, 0.15) is 5.56 Å². The molecule has 2 aromatic rings. The quantitative estimate of drug-likeness (QED) is 0.626. The molecule has 1 N–H and O–H groups in total. The van der Waals surface area contributed by atoms with Gasteiger partial charge in [-0.15, -0.1) is 0 Å². The summed E-state index contributed by atoms with van der Waals surface area (Å²) < 4.78 is 36.6. The van der Waals surface area contributed by atoms with Crippen molar-refractivity contribution >= 4 is 21.6 Å². The van der Waals surface area contributed by atoms with Gasteiger partial charge in [-0.05, 0) is 29.8 Å². The normalized spacial score (nSPS) is 11.5. The highest BCUT2D eigenvalue weighted by molar-refractivity contribution is 7.89. The van der Waals surface area contributed by atoms with Gasteiger partial charge in [0, 0.05) is 26.4 Å². The highest BCUT2D eigenvalue weighted by Gasteiger charge is 2.20. The third-order valence-electron chi connectivity index (χ3n) is 3.76. The number of carbonyl (C=O) groups excluding carboxylic acids is 1. The molecule has 1 amide bonds. The number of hydrogen-bond donors (Lipinski definition) is 1. The fourth-order valence-corrected chi connectivity index (χ4v) is 3.48. The molecule has 0 bridgehead atoms. The predicted octanol–water partition coefficient (Wildman–Crippen LogP) is 2.11. The van der Waals surface area contributed by atoms with Crippen LogP contribution in [0.5, 0.6) is 0 Å². The number of rotatable bonds is 10. The maximum atomic E-state index is 12.7. The summed E-state index contributed by atoms with van der Waals surface area (Å²) in [6.45, 7) is 0.925. The lowest BCUT2D eigenvalue weighted by molar-refractivity contribution is -0.121. The third-order valence-corrected chi connectivity index (χ3v) is 5.58. The van der Waals surface area contributed by atoms with Crippen molar-refractivity contribution in [3.63, 3.8) is 0 Å². The van der Waals surface area contributed by atoms with E-state index in [2.05, 4.69) is 5.32 Å². The maximum Gasteiger partial charge on any atom is 0.250 e. The summed E-state index contributed by atoms with van der Waals surface area (Å²) in [5, 5.41) is 2.65. The number of benzene rings is 2. The molecule has 2 rings (SSSR count).